The van der Waals surface area contributed by atoms with Crippen LogP contribution in [0.1, 0.15) is 72.9 Å². The zero-order valence-corrected chi connectivity index (χ0v) is 22.8. The molecule has 1 fully saturated rings. The summed E-state index contributed by atoms with van der Waals surface area (Å²) >= 11 is 0. The number of nitrogens with zero attached hydrogens (tertiary/aromatic N) is 4. The maximum Gasteiger partial charge on any atom is 0.344 e. The van der Waals surface area contributed by atoms with Crippen molar-refractivity contribution in [3.8, 4) is 22.8 Å². The van der Waals surface area contributed by atoms with Gasteiger partial charge in [0.05, 0.1) is 38.5 Å². The van der Waals surface area contributed by atoms with E-state index in [9.17, 15) is 9.90 Å². The average Bonchev–Trinajstić information content (AvgIpc) is 3.60. The van der Waals surface area contributed by atoms with Crippen LogP contribution in [0.2, 0.25) is 0 Å². The van der Waals surface area contributed by atoms with Crippen LogP contribution in [0.4, 0.5) is 5.82 Å². The van der Waals surface area contributed by atoms with Crippen LogP contribution < -0.4 is 14.8 Å². The molecule has 5 rings (SSSR count). The number of anilines is 1. The molecule has 11 nitrogen and oxygen atoms in total. The van der Waals surface area contributed by atoms with Gasteiger partial charge in [-0.2, -0.15) is 0 Å². The molecule has 0 radical (unpaired) electrons. The zero-order chi connectivity index (χ0) is 27.7. The molecule has 0 amide bonds. The number of aliphatic hydroxyl groups excluding tert-OH is 1. The summed E-state index contributed by atoms with van der Waals surface area (Å²) in [4.78, 5) is 22.3. The molecule has 1 aromatic carbocycles. The van der Waals surface area contributed by atoms with Gasteiger partial charge in [-0.05, 0) is 45.7 Å². The molecule has 0 bridgehead atoms. The number of aromatic nitrogens is 4. The van der Waals surface area contributed by atoms with Crippen molar-refractivity contribution >= 4 is 22.8 Å². The molecular formula is C28H33N5O6. The van der Waals surface area contributed by atoms with Crippen molar-refractivity contribution < 1.29 is 28.6 Å². The molecule has 1 saturated carbocycles. The number of hydrogen-bond donors (Lipinski definition) is 2. The highest BCUT2D eigenvalue weighted by molar-refractivity contribution is 6.07. The van der Waals surface area contributed by atoms with E-state index in [1.807, 2.05) is 36.6 Å². The monoisotopic (exact) mass is 535 g/mol. The van der Waals surface area contributed by atoms with Crippen LogP contribution in [0.15, 0.2) is 29.0 Å². The van der Waals surface area contributed by atoms with Gasteiger partial charge < -0.3 is 33.7 Å². The topological polar surface area (TPSA) is 134 Å². The van der Waals surface area contributed by atoms with E-state index in [4.69, 9.17) is 18.7 Å². The van der Waals surface area contributed by atoms with Crippen molar-refractivity contribution in [3.05, 3.63) is 47.1 Å². The fraction of sp³-hybridized carbons (Fsp3) is 0.429. The summed E-state index contributed by atoms with van der Waals surface area (Å²) in [5, 5.41) is 19.0. The Bertz CT molecular complexity index is 1500. The second-order valence-corrected chi connectivity index (χ2v) is 9.66. The third kappa shape index (κ3) is 4.78. The zero-order valence-electron chi connectivity index (χ0n) is 22.8. The molecule has 0 aliphatic heterocycles. The lowest BCUT2D eigenvalue weighted by atomic mass is 10.0. The number of benzene rings is 1. The minimum absolute atomic E-state index is 0.0475. The van der Waals surface area contributed by atoms with Crippen LogP contribution >= 0.6 is 0 Å². The Kier molecular flexibility index (Phi) is 7.42. The molecule has 206 valence electrons. The summed E-state index contributed by atoms with van der Waals surface area (Å²) in [6.07, 6.45) is 3.31. The van der Waals surface area contributed by atoms with Crippen molar-refractivity contribution in [2.45, 2.75) is 58.7 Å². The Labute approximate surface area is 226 Å². The number of carbonyl (C=O) groups excluding carboxylic acids is 1. The lowest BCUT2D eigenvalue weighted by Crippen LogP contribution is -2.09. The summed E-state index contributed by atoms with van der Waals surface area (Å²) in [5.41, 5.74) is 3.22. The van der Waals surface area contributed by atoms with Gasteiger partial charge in [-0.1, -0.05) is 5.16 Å². The van der Waals surface area contributed by atoms with Crippen molar-refractivity contribution in [2.75, 3.05) is 26.1 Å². The lowest BCUT2D eigenvalue weighted by Gasteiger charge is -2.13. The first-order chi connectivity index (χ1) is 18.9. The van der Waals surface area contributed by atoms with Crippen LogP contribution in [0.25, 0.3) is 22.3 Å². The third-order valence-electron chi connectivity index (χ3n) is 6.87. The molecule has 4 aromatic rings. The Morgan fingerprint density at radius 1 is 1.23 bits per heavy atom. The van der Waals surface area contributed by atoms with Crippen molar-refractivity contribution in [3.63, 3.8) is 0 Å². The lowest BCUT2D eigenvalue weighted by molar-refractivity contribution is 0.0524. The largest absolute Gasteiger partial charge is 0.497 e. The van der Waals surface area contributed by atoms with E-state index in [0.717, 1.165) is 18.4 Å². The third-order valence-corrected chi connectivity index (χ3v) is 6.87. The highest BCUT2D eigenvalue weighted by Gasteiger charge is 2.38. The van der Waals surface area contributed by atoms with Gasteiger partial charge in [0.2, 0.25) is 0 Å². The number of fused-ring (bicyclic) bond motifs is 1. The fourth-order valence-corrected chi connectivity index (χ4v) is 4.96. The summed E-state index contributed by atoms with van der Waals surface area (Å²) in [6.45, 7) is 6.07. The number of hydrogen-bond acceptors (Lipinski definition) is 10. The van der Waals surface area contributed by atoms with Crippen LogP contribution in [0.5, 0.6) is 11.5 Å². The van der Waals surface area contributed by atoms with Gasteiger partial charge >= 0.3 is 5.97 Å². The number of carbonyl (C=O) groups is 1. The molecule has 39 heavy (non-hydrogen) atoms. The van der Waals surface area contributed by atoms with E-state index in [-0.39, 0.29) is 25.2 Å². The molecule has 2 N–H and O–H groups in total. The first-order valence-electron chi connectivity index (χ1n) is 13.0. The molecule has 11 heteroatoms. The SMILES string of the molecule is CCOC(=O)c1c(-c2c(CO)n(C(C)C)c3ncnc(NCc4ccc(OC)cc4OC)c23)noc1C1CC1. The first-order valence-corrected chi connectivity index (χ1v) is 13.0. The van der Waals surface area contributed by atoms with E-state index in [2.05, 4.69) is 20.4 Å². The van der Waals surface area contributed by atoms with Gasteiger partial charge in [0.25, 0.3) is 0 Å². The normalized spacial score (nSPS) is 13.2. The summed E-state index contributed by atoms with van der Waals surface area (Å²) in [7, 11) is 3.21. The van der Waals surface area contributed by atoms with Gasteiger partial charge in [0.1, 0.15) is 40.5 Å². The summed E-state index contributed by atoms with van der Waals surface area (Å²) in [6, 6.07) is 5.55. The summed E-state index contributed by atoms with van der Waals surface area (Å²) < 4.78 is 24.0. The highest BCUT2D eigenvalue weighted by atomic mass is 16.5. The van der Waals surface area contributed by atoms with Crippen molar-refractivity contribution in [1.29, 1.82) is 0 Å². The Morgan fingerprint density at radius 2 is 2.03 bits per heavy atom. The van der Waals surface area contributed by atoms with Gasteiger partial charge in [-0.3, -0.25) is 0 Å². The van der Waals surface area contributed by atoms with Crippen molar-refractivity contribution in [2.24, 2.45) is 0 Å². The molecule has 3 aromatic heterocycles. The molecule has 1 aliphatic rings. The molecule has 0 atom stereocenters. The molecule has 0 spiro atoms. The van der Waals surface area contributed by atoms with Gasteiger partial charge in [0, 0.05) is 35.7 Å². The highest BCUT2D eigenvalue weighted by Crippen LogP contribution is 2.47. The quantitative estimate of drug-likeness (QED) is 0.257. The van der Waals surface area contributed by atoms with E-state index >= 15 is 0 Å². The van der Waals surface area contributed by atoms with Gasteiger partial charge in [-0.15, -0.1) is 0 Å². The Hall–Kier alpha value is -4.12. The number of esters is 1. The van der Waals surface area contributed by atoms with Crippen LogP contribution in [0, 0.1) is 0 Å². The van der Waals surface area contributed by atoms with Crippen molar-refractivity contribution in [1.82, 2.24) is 19.7 Å². The van der Waals surface area contributed by atoms with E-state index in [1.165, 1.54) is 6.33 Å². The smallest absolute Gasteiger partial charge is 0.344 e. The number of rotatable bonds is 11. The molecule has 0 saturated heterocycles. The van der Waals surface area contributed by atoms with E-state index in [1.54, 1.807) is 21.1 Å². The fourth-order valence-electron chi connectivity index (χ4n) is 4.96. The minimum Gasteiger partial charge on any atom is -0.497 e. The minimum atomic E-state index is -0.501. The second kappa shape index (κ2) is 10.9. The van der Waals surface area contributed by atoms with E-state index in [0.29, 0.717) is 63.2 Å². The number of nitrogens with one attached hydrogen (secondary N) is 1. The van der Waals surface area contributed by atoms with Crippen LogP contribution in [-0.2, 0) is 17.9 Å². The Balaban J connectivity index is 1.69. The number of methoxy groups -OCH3 is 2. The molecule has 3 heterocycles. The van der Waals surface area contributed by atoms with Gasteiger partial charge in [-0.25, -0.2) is 14.8 Å². The second-order valence-electron chi connectivity index (χ2n) is 9.66. The first kappa shape index (κ1) is 26.5. The number of ether oxygens (including phenoxy) is 3. The average molecular weight is 536 g/mol. The predicted molar refractivity (Wildman–Crippen MR) is 144 cm³/mol. The maximum absolute atomic E-state index is 13.2. The predicted octanol–water partition coefficient (Wildman–Crippen LogP) is 4.84. The maximum atomic E-state index is 13.2. The standard InChI is InChI=1S/C28H33N5O6/c1-6-38-28(35)23-24(32-39-25(23)16-7-8-16)21-19(13-34)33(15(2)3)27-22(21)26(30-14-31-27)29-12-17-9-10-18(36-4)11-20(17)37-5/h9-11,14-16,34H,6-8,12-13H2,1-5H3,(H,29,30,31). The van der Waals surface area contributed by atoms with Crippen LogP contribution in [0.3, 0.4) is 0 Å². The number of aliphatic hydroxyl groups is 1. The molecular weight excluding hydrogens is 502 g/mol. The van der Waals surface area contributed by atoms with Gasteiger partial charge in [0.15, 0.2) is 5.76 Å². The van der Waals surface area contributed by atoms with Crippen LogP contribution in [-0.4, -0.2) is 51.6 Å². The van der Waals surface area contributed by atoms with E-state index < -0.39 is 5.97 Å². The molecule has 1 aliphatic carbocycles. The summed E-state index contributed by atoms with van der Waals surface area (Å²) in [5.74, 6) is 2.02. The molecule has 0 unspecified atom stereocenters. The Morgan fingerprint density at radius 3 is 2.67 bits per heavy atom.